The zero-order valence-electron chi connectivity index (χ0n) is 18.0. The predicted molar refractivity (Wildman–Crippen MR) is 118 cm³/mol. The van der Waals surface area contributed by atoms with Gasteiger partial charge in [-0.3, -0.25) is 9.69 Å². The number of aliphatic imine (C=N–C) groups is 1. The minimum atomic E-state index is -4.57. The number of benzene rings is 1. The molecule has 8 nitrogen and oxygen atoms in total. The Morgan fingerprint density at radius 3 is 2.61 bits per heavy atom. The number of anilines is 1. The molecule has 2 fully saturated rings. The summed E-state index contributed by atoms with van der Waals surface area (Å²) < 4.78 is 39.4. The van der Waals surface area contributed by atoms with Gasteiger partial charge >= 0.3 is 12.2 Å². The predicted octanol–water partition coefficient (Wildman–Crippen LogP) is 3.40. The monoisotopic (exact) mass is 484 g/mol. The standard InChI is InChI=1S/C21H23F3N6O2.ClH/c1-20(2)12-30(19(32)28-20)18(26)27-10-14(9-25)17(31)29(11-13-6-7-13)16-5-3-4-15(8-16)21(22,23)24;/h3-5,8,10,13H,6-7,11-12H2,1-2H3,(H2,26,27)(H,28,32);1H/b14-10+;. The number of nitrogens with zero attached hydrogens (tertiary/aromatic N) is 4. The fraction of sp³-hybridized carbons (Fsp3) is 0.429. The maximum atomic E-state index is 13.1. The number of halogens is 4. The van der Waals surface area contributed by atoms with Crippen molar-refractivity contribution in [2.45, 2.75) is 38.4 Å². The van der Waals surface area contributed by atoms with Crippen molar-refractivity contribution < 1.29 is 22.8 Å². The van der Waals surface area contributed by atoms with E-state index in [1.54, 1.807) is 19.9 Å². The molecule has 1 aliphatic carbocycles. The molecule has 1 saturated carbocycles. The average molecular weight is 485 g/mol. The van der Waals surface area contributed by atoms with Crippen molar-refractivity contribution in [2.24, 2.45) is 16.6 Å². The molecule has 1 aliphatic heterocycles. The van der Waals surface area contributed by atoms with Gasteiger partial charge in [0, 0.05) is 12.2 Å². The average Bonchev–Trinajstić information content (AvgIpc) is 3.48. The molecule has 0 unspecified atom stereocenters. The number of urea groups is 1. The summed E-state index contributed by atoms with van der Waals surface area (Å²) in [6.45, 7) is 4.01. The van der Waals surface area contributed by atoms with Gasteiger partial charge in [-0.15, -0.1) is 12.4 Å². The summed E-state index contributed by atoms with van der Waals surface area (Å²) >= 11 is 0. The third kappa shape index (κ3) is 6.38. The number of carbonyl (C=O) groups is 2. The number of hydrogen-bond donors (Lipinski definition) is 2. The quantitative estimate of drug-likeness (QED) is 0.288. The van der Waals surface area contributed by atoms with Crippen molar-refractivity contribution in [3.8, 4) is 6.07 Å². The van der Waals surface area contributed by atoms with Gasteiger partial charge in [0.15, 0.2) is 0 Å². The van der Waals surface area contributed by atoms with E-state index in [4.69, 9.17) is 5.73 Å². The van der Waals surface area contributed by atoms with Gasteiger partial charge in [-0.05, 0) is 50.8 Å². The highest BCUT2D eigenvalue weighted by atomic mass is 35.5. The Morgan fingerprint density at radius 2 is 2.09 bits per heavy atom. The molecule has 1 heterocycles. The van der Waals surface area contributed by atoms with Crippen LogP contribution in [0.4, 0.5) is 23.7 Å². The van der Waals surface area contributed by atoms with E-state index in [0.717, 1.165) is 36.1 Å². The first-order valence-corrected chi connectivity index (χ1v) is 9.93. The Labute approximate surface area is 195 Å². The summed E-state index contributed by atoms with van der Waals surface area (Å²) in [5, 5.41) is 12.2. The molecule has 0 spiro atoms. The summed E-state index contributed by atoms with van der Waals surface area (Å²) in [6.07, 6.45) is -1.94. The van der Waals surface area contributed by atoms with E-state index in [1.807, 2.05) is 0 Å². The molecular formula is C21H24ClF3N6O2. The largest absolute Gasteiger partial charge is 0.416 e. The normalized spacial score (nSPS) is 18.3. The van der Waals surface area contributed by atoms with E-state index >= 15 is 0 Å². The lowest BCUT2D eigenvalue weighted by Crippen LogP contribution is -2.39. The number of carbonyl (C=O) groups excluding carboxylic acids is 2. The SMILES string of the molecule is CC1(C)CN(C(N)=N/C=C(\C#N)C(=O)N(CC2CC2)c2cccc(C(F)(F)F)c2)C(=O)N1.Cl. The topological polar surface area (TPSA) is 115 Å². The summed E-state index contributed by atoms with van der Waals surface area (Å²) in [7, 11) is 0. The van der Waals surface area contributed by atoms with Crippen molar-refractivity contribution in [3.05, 3.63) is 41.6 Å². The fourth-order valence-corrected chi connectivity index (χ4v) is 3.24. The molecule has 3 amide bonds. The second-order valence-corrected chi connectivity index (χ2v) is 8.45. The molecule has 1 aromatic carbocycles. The van der Waals surface area contributed by atoms with Crippen molar-refractivity contribution in [1.82, 2.24) is 10.2 Å². The van der Waals surface area contributed by atoms with E-state index in [9.17, 15) is 28.0 Å². The van der Waals surface area contributed by atoms with Gasteiger partial charge in [0.2, 0.25) is 5.96 Å². The van der Waals surface area contributed by atoms with Crippen molar-refractivity contribution in [2.75, 3.05) is 18.0 Å². The second-order valence-electron chi connectivity index (χ2n) is 8.45. The number of rotatable bonds is 5. The van der Waals surface area contributed by atoms with Crippen LogP contribution in [0.25, 0.3) is 0 Å². The Morgan fingerprint density at radius 1 is 1.42 bits per heavy atom. The molecule has 178 valence electrons. The molecule has 1 aromatic rings. The van der Waals surface area contributed by atoms with Crippen LogP contribution in [0.3, 0.4) is 0 Å². The molecule has 3 rings (SSSR count). The van der Waals surface area contributed by atoms with Crippen LogP contribution < -0.4 is 16.0 Å². The Kier molecular flexibility index (Phi) is 7.64. The highest BCUT2D eigenvalue weighted by molar-refractivity contribution is 6.08. The molecule has 1 saturated heterocycles. The van der Waals surface area contributed by atoms with Crippen LogP contribution >= 0.6 is 12.4 Å². The van der Waals surface area contributed by atoms with Crippen molar-refractivity contribution in [1.29, 1.82) is 5.26 Å². The lowest BCUT2D eigenvalue weighted by molar-refractivity contribution is -0.137. The molecule has 0 radical (unpaired) electrons. The smallest absolute Gasteiger partial charge is 0.369 e. The van der Waals surface area contributed by atoms with Gasteiger partial charge < -0.3 is 16.0 Å². The summed E-state index contributed by atoms with van der Waals surface area (Å²) in [4.78, 5) is 31.3. The van der Waals surface area contributed by atoms with E-state index in [2.05, 4.69) is 10.3 Å². The molecule has 0 aromatic heterocycles. The molecule has 3 N–H and O–H groups in total. The fourth-order valence-electron chi connectivity index (χ4n) is 3.24. The van der Waals surface area contributed by atoms with E-state index in [1.165, 1.54) is 17.0 Å². The van der Waals surface area contributed by atoms with Crippen molar-refractivity contribution >= 4 is 36.0 Å². The van der Waals surface area contributed by atoms with Gasteiger partial charge in [-0.2, -0.15) is 18.4 Å². The van der Waals surface area contributed by atoms with Crippen molar-refractivity contribution in [3.63, 3.8) is 0 Å². The van der Waals surface area contributed by atoms with Crippen LogP contribution in [-0.2, 0) is 11.0 Å². The molecule has 33 heavy (non-hydrogen) atoms. The summed E-state index contributed by atoms with van der Waals surface area (Å²) in [5.74, 6) is -0.847. The summed E-state index contributed by atoms with van der Waals surface area (Å²) in [5.41, 5.74) is 4.05. The molecule has 2 aliphatic rings. The van der Waals surface area contributed by atoms with Crippen LogP contribution in [-0.4, -0.2) is 41.4 Å². The van der Waals surface area contributed by atoms with Gasteiger partial charge in [0.05, 0.1) is 23.8 Å². The Bertz CT molecular complexity index is 1030. The highest BCUT2D eigenvalue weighted by Gasteiger charge is 2.37. The Hall–Kier alpha value is -3.26. The van der Waals surface area contributed by atoms with Crippen LogP contribution in [0.1, 0.15) is 32.3 Å². The van der Waals surface area contributed by atoms with E-state index in [0.29, 0.717) is 0 Å². The number of nitrogens with one attached hydrogen (secondary N) is 1. The van der Waals surface area contributed by atoms with Gasteiger partial charge in [0.1, 0.15) is 11.6 Å². The zero-order chi connectivity index (χ0) is 23.7. The first kappa shape index (κ1) is 26.0. The Balaban J connectivity index is 0.00000385. The lowest BCUT2D eigenvalue weighted by atomic mass is 10.1. The third-order valence-corrected chi connectivity index (χ3v) is 5.07. The van der Waals surface area contributed by atoms with E-state index in [-0.39, 0.29) is 43.1 Å². The number of hydrogen-bond acceptors (Lipinski definition) is 4. The number of nitriles is 1. The van der Waals surface area contributed by atoms with Crippen LogP contribution in [0.15, 0.2) is 41.0 Å². The second kappa shape index (κ2) is 9.70. The minimum absolute atomic E-state index is 0. The number of nitrogens with two attached hydrogens (primary N) is 1. The van der Waals surface area contributed by atoms with Gasteiger partial charge in [0.25, 0.3) is 5.91 Å². The number of amides is 3. The van der Waals surface area contributed by atoms with Crippen LogP contribution in [0.2, 0.25) is 0 Å². The van der Waals surface area contributed by atoms with Crippen LogP contribution in [0, 0.1) is 17.2 Å². The van der Waals surface area contributed by atoms with Gasteiger partial charge in [-0.25, -0.2) is 9.79 Å². The maximum absolute atomic E-state index is 13.1. The lowest BCUT2D eigenvalue weighted by Gasteiger charge is -2.23. The highest BCUT2D eigenvalue weighted by Crippen LogP contribution is 2.35. The van der Waals surface area contributed by atoms with Gasteiger partial charge in [-0.1, -0.05) is 6.07 Å². The zero-order valence-corrected chi connectivity index (χ0v) is 18.8. The minimum Gasteiger partial charge on any atom is -0.369 e. The van der Waals surface area contributed by atoms with E-state index < -0.39 is 34.8 Å². The van der Waals surface area contributed by atoms with Crippen LogP contribution in [0.5, 0.6) is 0 Å². The number of alkyl halides is 3. The molecular weight excluding hydrogens is 461 g/mol. The molecule has 0 atom stereocenters. The first-order valence-electron chi connectivity index (χ1n) is 9.93. The third-order valence-electron chi connectivity index (χ3n) is 5.07. The first-order chi connectivity index (χ1) is 14.9. The summed E-state index contributed by atoms with van der Waals surface area (Å²) in [6, 6.07) is 5.66. The molecule has 12 heteroatoms. The maximum Gasteiger partial charge on any atom is 0.416 e. The number of guanidine groups is 1. The molecule has 0 bridgehead atoms.